The van der Waals surface area contributed by atoms with Gasteiger partial charge in [-0.05, 0) is 139 Å². The van der Waals surface area contributed by atoms with Crippen molar-refractivity contribution in [1.29, 1.82) is 0 Å². The molecule has 0 bridgehead atoms. The highest BCUT2D eigenvalue weighted by atomic mass is 16.3. The molecule has 0 N–H and O–H groups in total. The van der Waals surface area contributed by atoms with Crippen LogP contribution in [-0.2, 0) is 16.2 Å². The molecule has 4 nitrogen and oxygen atoms in total. The summed E-state index contributed by atoms with van der Waals surface area (Å²) in [5.74, 6) is 0. The molecule has 6 aliphatic rings. The van der Waals surface area contributed by atoms with E-state index < -0.39 is 0 Å². The fourth-order valence-corrected chi connectivity index (χ4v) is 14.3. The number of aryl methyl sites for hydroxylation is 1. The molecule has 0 radical (unpaired) electrons. The molecule has 4 aliphatic heterocycles. The SMILES string of the molecule is Cc1cc2c3c(c1)N1c4c(cccc4C4(C)CCCCC14C)B3c1ccc(N3c4ccc(C(C)(C)C)cc4C4(C)CCCCC34C)cc1N2c1cccc2oc3ccccc3c12. The maximum atomic E-state index is 6.65. The third-order valence-electron chi connectivity index (χ3n) is 17.9. The second kappa shape index (κ2) is 12.0. The number of nitrogens with zero attached hydrogens (tertiary/aromatic N) is 3. The summed E-state index contributed by atoms with van der Waals surface area (Å²) in [4.78, 5) is 8.29. The van der Waals surface area contributed by atoms with Crippen molar-refractivity contribution in [1.82, 2.24) is 0 Å². The van der Waals surface area contributed by atoms with Gasteiger partial charge in [-0.2, -0.15) is 0 Å². The van der Waals surface area contributed by atoms with Crippen molar-refractivity contribution in [3.63, 3.8) is 0 Å². The molecule has 62 heavy (non-hydrogen) atoms. The minimum Gasteiger partial charge on any atom is -0.456 e. The van der Waals surface area contributed by atoms with Gasteiger partial charge in [-0.25, -0.2) is 0 Å². The highest BCUT2D eigenvalue weighted by Crippen LogP contribution is 2.64. The fourth-order valence-electron chi connectivity index (χ4n) is 14.3. The highest BCUT2D eigenvalue weighted by molar-refractivity contribution is 7.00. The van der Waals surface area contributed by atoms with Crippen LogP contribution < -0.4 is 31.1 Å². The van der Waals surface area contributed by atoms with Crippen LogP contribution >= 0.6 is 0 Å². The van der Waals surface area contributed by atoms with E-state index in [4.69, 9.17) is 4.42 Å². The average molecular weight is 812 g/mol. The van der Waals surface area contributed by atoms with Crippen LogP contribution in [0.5, 0.6) is 0 Å². The lowest BCUT2D eigenvalue weighted by atomic mass is 9.33. The molecule has 2 aliphatic carbocycles. The van der Waals surface area contributed by atoms with Gasteiger partial charge in [-0.3, -0.25) is 0 Å². The van der Waals surface area contributed by atoms with Crippen molar-refractivity contribution in [3.05, 3.63) is 131 Å². The van der Waals surface area contributed by atoms with Crippen molar-refractivity contribution < 1.29 is 4.42 Å². The Morgan fingerprint density at radius 1 is 0.565 bits per heavy atom. The predicted octanol–water partition coefficient (Wildman–Crippen LogP) is 13.3. The smallest absolute Gasteiger partial charge is 0.252 e. The van der Waals surface area contributed by atoms with Crippen LogP contribution in [0.3, 0.4) is 0 Å². The van der Waals surface area contributed by atoms with Gasteiger partial charge in [0, 0.05) is 50.3 Å². The van der Waals surface area contributed by atoms with E-state index in [1.807, 2.05) is 0 Å². The molecule has 310 valence electrons. The second-order valence-electron chi connectivity index (χ2n) is 22.0. The van der Waals surface area contributed by atoms with Gasteiger partial charge in [0.25, 0.3) is 6.71 Å². The third-order valence-corrected chi connectivity index (χ3v) is 17.9. The first kappa shape index (κ1) is 37.2. The maximum absolute atomic E-state index is 6.65. The minimum absolute atomic E-state index is 0.00987. The lowest BCUT2D eigenvalue weighted by Crippen LogP contribution is -2.64. The molecule has 1 aromatic heterocycles. The number of hydrogen-bond acceptors (Lipinski definition) is 4. The number of para-hydroxylation sites is 2. The van der Waals surface area contributed by atoms with Crippen molar-refractivity contribution in [2.75, 3.05) is 14.7 Å². The quantitative estimate of drug-likeness (QED) is 0.162. The van der Waals surface area contributed by atoms with Crippen LogP contribution in [0.25, 0.3) is 21.9 Å². The standard InChI is InChI=1S/C57H58BN3O/c1-35-31-46-51-47(32-35)61-52-39(54(5)27-11-14-30-57(54,61)8)18-15-19-42(52)58(51)41-25-24-37(34-45(41)59(46)44-20-16-22-49-50(44)38-17-9-10-21-48(38)62-49)60-43-26-23-36(53(2,3)4)33-40(43)55(6)28-12-13-29-56(55,60)7/h9-10,15-26,31-34H,11-14,27-30H2,1-8H3. The number of fused-ring (bicyclic) bond motifs is 13. The van der Waals surface area contributed by atoms with E-state index in [0.29, 0.717) is 0 Å². The highest BCUT2D eigenvalue weighted by Gasteiger charge is 2.62. The van der Waals surface area contributed by atoms with Crippen LogP contribution in [0.1, 0.15) is 122 Å². The Bertz CT molecular complexity index is 3100. The number of hydrogen-bond donors (Lipinski definition) is 0. The van der Waals surface area contributed by atoms with Crippen molar-refractivity contribution >= 4 is 84.9 Å². The molecule has 5 heteroatoms. The van der Waals surface area contributed by atoms with Gasteiger partial charge in [-0.1, -0.05) is 121 Å². The first-order valence-corrected chi connectivity index (χ1v) is 23.6. The Morgan fingerprint density at radius 2 is 1.26 bits per heavy atom. The Labute approximate surface area is 368 Å². The lowest BCUT2D eigenvalue weighted by molar-refractivity contribution is 0.195. The molecule has 2 fully saturated rings. The summed E-state index contributed by atoms with van der Waals surface area (Å²) in [6.45, 7) is 19.8. The zero-order valence-corrected chi connectivity index (χ0v) is 37.9. The molecule has 7 aromatic rings. The minimum atomic E-state index is -0.0625. The zero-order chi connectivity index (χ0) is 42.3. The summed E-state index contributed by atoms with van der Waals surface area (Å²) < 4.78 is 6.65. The van der Waals surface area contributed by atoms with Gasteiger partial charge < -0.3 is 19.1 Å². The molecular formula is C57H58BN3O. The predicted molar refractivity (Wildman–Crippen MR) is 262 cm³/mol. The van der Waals surface area contributed by atoms with Gasteiger partial charge in [-0.15, -0.1) is 0 Å². The van der Waals surface area contributed by atoms with E-state index in [9.17, 15) is 0 Å². The number of rotatable bonds is 2. The molecule has 13 rings (SSSR count). The molecule has 5 heterocycles. The molecule has 0 spiro atoms. The zero-order valence-electron chi connectivity index (χ0n) is 37.9. The van der Waals surface area contributed by atoms with E-state index in [1.54, 1.807) is 5.56 Å². The first-order chi connectivity index (χ1) is 29.8. The van der Waals surface area contributed by atoms with E-state index in [0.717, 1.165) is 16.6 Å². The van der Waals surface area contributed by atoms with Gasteiger partial charge in [0.2, 0.25) is 0 Å². The molecule has 4 atom stereocenters. The van der Waals surface area contributed by atoms with Crippen LogP contribution in [0.2, 0.25) is 0 Å². The van der Waals surface area contributed by atoms with Crippen LogP contribution in [0.4, 0.5) is 39.8 Å². The third kappa shape index (κ3) is 4.36. The van der Waals surface area contributed by atoms with Crippen LogP contribution in [0.15, 0.2) is 114 Å². The molecule has 4 unspecified atom stereocenters. The van der Waals surface area contributed by atoms with Crippen molar-refractivity contribution in [2.24, 2.45) is 0 Å². The first-order valence-electron chi connectivity index (χ1n) is 23.6. The normalized spacial score (nSPS) is 26.6. The van der Waals surface area contributed by atoms with E-state index >= 15 is 0 Å². The number of furan rings is 1. The van der Waals surface area contributed by atoms with E-state index in [1.165, 1.54) is 130 Å². The summed E-state index contributed by atoms with van der Waals surface area (Å²) in [7, 11) is 0. The topological polar surface area (TPSA) is 22.9 Å². The van der Waals surface area contributed by atoms with E-state index in [-0.39, 0.29) is 34.0 Å². The summed E-state index contributed by atoms with van der Waals surface area (Å²) in [6.07, 6.45) is 9.88. The average Bonchev–Trinajstić information content (AvgIpc) is 3.81. The molecule has 6 aromatic carbocycles. The van der Waals surface area contributed by atoms with Gasteiger partial charge in [0.15, 0.2) is 0 Å². The number of benzene rings is 6. The van der Waals surface area contributed by atoms with Crippen LogP contribution in [-0.4, -0.2) is 17.8 Å². The van der Waals surface area contributed by atoms with E-state index in [2.05, 4.69) is 179 Å². The molecular weight excluding hydrogens is 753 g/mol. The van der Waals surface area contributed by atoms with Crippen LogP contribution in [0, 0.1) is 6.92 Å². The summed E-state index contributed by atoms with van der Waals surface area (Å²) in [5.41, 5.74) is 21.4. The monoisotopic (exact) mass is 811 g/mol. The van der Waals surface area contributed by atoms with Crippen molar-refractivity contribution in [2.45, 2.75) is 134 Å². The summed E-state index contributed by atoms with van der Waals surface area (Å²) in [5, 5.41) is 2.33. The van der Waals surface area contributed by atoms with Gasteiger partial charge in [0.05, 0.1) is 22.2 Å². The van der Waals surface area contributed by atoms with Gasteiger partial charge >= 0.3 is 0 Å². The summed E-state index contributed by atoms with van der Waals surface area (Å²) >= 11 is 0. The Morgan fingerprint density at radius 3 is 2.05 bits per heavy atom. The van der Waals surface area contributed by atoms with Gasteiger partial charge in [0.1, 0.15) is 11.2 Å². The van der Waals surface area contributed by atoms with Crippen molar-refractivity contribution in [3.8, 4) is 0 Å². The maximum Gasteiger partial charge on any atom is 0.252 e. The summed E-state index contributed by atoms with van der Waals surface area (Å²) in [6, 6.07) is 42.7. The molecule has 0 saturated heterocycles. The Hall–Kier alpha value is -5.42. The molecule has 2 saturated carbocycles. The molecule has 0 amide bonds. The Kier molecular flexibility index (Phi) is 7.18. The fraction of sp³-hybridized carbons (Fsp3) is 0.368. The second-order valence-corrected chi connectivity index (χ2v) is 22.0. The largest absolute Gasteiger partial charge is 0.456 e. The lowest BCUT2D eigenvalue weighted by Gasteiger charge is -2.53. The Balaban J connectivity index is 1.12. The number of anilines is 7.